The Hall–Kier alpha value is -2.53. The van der Waals surface area contributed by atoms with E-state index in [0.29, 0.717) is 23.7 Å². The number of carbonyl (C=O) groups is 2. The van der Waals surface area contributed by atoms with E-state index in [1.807, 2.05) is 18.2 Å². The van der Waals surface area contributed by atoms with Crippen LogP contribution in [0.3, 0.4) is 0 Å². The van der Waals surface area contributed by atoms with E-state index in [0.717, 1.165) is 5.56 Å². The fraction of sp³-hybridized carbons (Fsp3) is 0.125. The fourth-order valence-corrected chi connectivity index (χ4v) is 2.14. The third kappa shape index (κ3) is 4.49. The Morgan fingerprint density at radius 1 is 1.09 bits per heavy atom. The third-order valence-corrected chi connectivity index (χ3v) is 3.26. The van der Waals surface area contributed by atoms with Crippen molar-refractivity contribution in [3.8, 4) is 0 Å². The lowest BCUT2D eigenvalue weighted by molar-refractivity contribution is 0.0965. The summed E-state index contributed by atoms with van der Waals surface area (Å²) in [6.07, 6.45) is 0.621. The number of nitrogens with two attached hydrogens (primary N) is 1. The predicted octanol–water partition coefficient (Wildman–Crippen LogP) is 2.60. The van der Waals surface area contributed by atoms with Crippen molar-refractivity contribution in [2.24, 2.45) is 0 Å². The molecule has 0 aliphatic carbocycles. The van der Waals surface area contributed by atoms with Gasteiger partial charge in [0.15, 0.2) is 0 Å². The SMILES string of the molecule is Nc1ccccc1C(=O)NC(=O)NCCc1cccc(Cl)c1. The number of amides is 3. The Balaban J connectivity index is 1.81. The largest absolute Gasteiger partial charge is 0.398 e. The summed E-state index contributed by atoms with van der Waals surface area (Å²) in [5.74, 6) is -0.529. The molecule has 3 amide bonds. The molecule has 0 aliphatic heterocycles. The van der Waals surface area contributed by atoms with Gasteiger partial charge in [-0.1, -0.05) is 35.9 Å². The summed E-state index contributed by atoms with van der Waals surface area (Å²) in [5.41, 5.74) is 7.28. The molecule has 0 saturated carbocycles. The van der Waals surface area contributed by atoms with Crippen molar-refractivity contribution in [3.05, 3.63) is 64.7 Å². The van der Waals surface area contributed by atoms with E-state index >= 15 is 0 Å². The number of imide groups is 1. The summed E-state index contributed by atoms with van der Waals surface area (Å²) in [7, 11) is 0. The number of hydrogen-bond acceptors (Lipinski definition) is 3. The summed E-state index contributed by atoms with van der Waals surface area (Å²) in [4.78, 5) is 23.6. The maximum Gasteiger partial charge on any atom is 0.321 e. The van der Waals surface area contributed by atoms with E-state index in [1.54, 1.807) is 30.3 Å². The van der Waals surface area contributed by atoms with Crippen molar-refractivity contribution in [1.82, 2.24) is 10.6 Å². The van der Waals surface area contributed by atoms with Crippen molar-refractivity contribution in [2.75, 3.05) is 12.3 Å². The van der Waals surface area contributed by atoms with Crippen molar-refractivity contribution >= 4 is 29.2 Å². The van der Waals surface area contributed by atoms with E-state index < -0.39 is 11.9 Å². The van der Waals surface area contributed by atoms with Crippen LogP contribution in [-0.4, -0.2) is 18.5 Å². The highest BCUT2D eigenvalue weighted by Gasteiger charge is 2.12. The van der Waals surface area contributed by atoms with Crippen LogP contribution in [0.15, 0.2) is 48.5 Å². The molecular formula is C16H16ClN3O2. The average Bonchev–Trinajstić information content (AvgIpc) is 2.47. The third-order valence-electron chi connectivity index (χ3n) is 3.02. The molecule has 0 saturated heterocycles. The minimum atomic E-state index is -0.560. The summed E-state index contributed by atoms with van der Waals surface area (Å²) < 4.78 is 0. The van der Waals surface area contributed by atoms with Gasteiger partial charge in [-0.3, -0.25) is 10.1 Å². The molecule has 0 aromatic heterocycles. The minimum absolute atomic E-state index is 0.271. The van der Waals surface area contributed by atoms with Gasteiger partial charge in [0.2, 0.25) is 0 Å². The van der Waals surface area contributed by atoms with Gasteiger partial charge in [0.25, 0.3) is 5.91 Å². The molecule has 0 heterocycles. The highest BCUT2D eigenvalue weighted by atomic mass is 35.5. The van der Waals surface area contributed by atoms with Crippen LogP contribution in [0.1, 0.15) is 15.9 Å². The van der Waals surface area contributed by atoms with Gasteiger partial charge < -0.3 is 11.1 Å². The minimum Gasteiger partial charge on any atom is -0.398 e. The summed E-state index contributed by atoms with van der Waals surface area (Å²) in [6, 6.07) is 13.4. The number of benzene rings is 2. The van der Waals surface area contributed by atoms with E-state index in [9.17, 15) is 9.59 Å². The molecule has 5 nitrogen and oxygen atoms in total. The Morgan fingerprint density at radius 2 is 1.86 bits per heavy atom. The number of carbonyl (C=O) groups excluding carboxylic acids is 2. The summed E-state index contributed by atoms with van der Waals surface area (Å²) >= 11 is 5.88. The first-order valence-electron chi connectivity index (χ1n) is 6.74. The fourth-order valence-electron chi connectivity index (χ4n) is 1.93. The number of para-hydroxylation sites is 1. The van der Waals surface area contributed by atoms with Gasteiger partial charge in [-0.2, -0.15) is 0 Å². The van der Waals surface area contributed by atoms with E-state index in [-0.39, 0.29) is 5.56 Å². The molecule has 0 bridgehead atoms. The van der Waals surface area contributed by atoms with Crippen LogP contribution in [-0.2, 0) is 6.42 Å². The highest BCUT2D eigenvalue weighted by molar-refractivity contribution is 6.30. The van der Waals surface area contributed by atoms with Crippen LogP contribution in [0.2, 0.25) is 5.02 Å². The lowest BCUT2D eigenvalue weighted by Crippen LogP contribution is -2.40. The van der Waals surface area contributed by atoms with Crippen molar-refractivity contribution in [3.63, 3.8) is 0 Å². The zero-order chi connectivity index (χ0) is 15.9. The maximum atomic E-state index is 11.9. The highest BCUT2D eigenvalue weighted by Crippen LogP contribution is 2.11. The molecule has 0 unspecified atom stereocenters. The first-order valence-corrected chi connectivity index (χ1v) is 7.12. The van der Waals surface area contributed by atoms with Gasteiger partial charge in [0, 0.05) is 17.3 Å². The van der Waals surface area contributed by atoms with Gasteiger partial charge in [0.1, 0.15) is 0 Å². The molecule has 0 fully saturated rings. The van der Waals surface area contributed by atoms with E-state index in [2.05, 4.69) is 10.6 Å². The molecule has 4 N–H and O–H groups in total. The standard InChI is InChI=1S/C16H16ClN3O2/c17-12-5-3-4-11(10-12)8-9-19-16(22)20-15(21)13-6-1-2-7-14(13)18/h1-7,10H,8-9,18H2,(H2,19,20,21,22). The molecule has 0 radical (unpaired) electrons. The van der Waals surface area contributed by atoms with Crippen LogP contribution in [0.25, 0.3) is 0 Å². The maximum absolute atomic E-state index is 11.9. The Bertz CT molecular complexity index is 689. The smallest absolute Gasteiger partial charge is 0.321 e. The predicted molar refractivity (Wildman–Crippen MR) is 86.9 cm³/mol. The van der Waals surface area contributed by atoms with Crippen LogP contribution in [0.4, 0.5) is 10.5 Å². The van der Waals surface area contributed by atoms with Gasteiger partial charge in [-0.15, -0.1) is 0 Å². The van der Waals surface area contributed by atoms with Crippen LogP contribution < -0.4 is 16.4 Å². The van der Waals surface area contributed by atoms with Gasteiger partial charge in [-0.05, 0) is 36.2 Å². The lowest BCUT2D eigenvalue weighted by Gasteiger charge is -2.08. The Kier molecular flexibility index (Phi) is 5.38. The summed E-state index contributed by atoms with van der Waals surface area (Å²) in [6.45, 7) is 0.393. The molecule has 0 spiro atoms. The number of nitrogens with one attached hydrogen (secondary N) is 2. The Morgan fingerprint density at radius 3 is 2.59 bits per heavy atom. The lowest BCUT2D eigenvalue weighted by atomic mass is 10.1. The zero-order valence-corrected chi connectivity index (χ0v) is 12.6. The van der Waals surface area contributed by atoms with Gasteiger partial charge in [-0.25, -0.2) is 4.79 Å². The van der Waals surface area contributed by atoms with Gasteiger partial charge in [0.05, 0.1) is 5.56 Å². The monoisotopic (exact) mass is 317 g/mol. The number of hydrogen-bond donors (Lipinski definition) is 3. The second-order valence-electron chi connectivity index (χ2n) is 4.68. The summed E-state index contributed by atoms with van der Waals surface area (Å²) in [5, 5.41) is 5.51. The average molecular weight is 318 g/mol. The number of nitrogen functional groups attached to an aromatic ring is 1. The van der Waals surface area contributed by atoms with Crippen molar-refractivity contribution < 1.29 is 9.59 Å². The van der Waals surface area contributed by atoms with E-state index in [1.165, 1.54) is 0 Å². The molecule has 0 atom stereocenters. The quantitative estimate of drug-likeness (QED) is 0.758. The van der Waals surface area contributed by atoms with Crippen molar-refractivity contribution in [1.29, 1.82) is 0 Å². The molecule has 2 aromatic carbocycles. The number of rotatable bonds is 4. The second kappa shape index (κ2) is 7.47. The van der Waals surface area contributed by atoms with Crippen LogP contribution in [0, 0.1) is 0 Å². The van der Waals surface area contributed by atoms with Crippen LogP contribution in [0.5, 0.6) is 0 Å². The first-order chi connectivity index (χ1) is 10.6. The van der Waals surface area contributed by atoms with Crippen molar-refractivity contribution in [2.45, 2.75) is 6.42 Å². The molecule has 0 aliphatic rings. The number of anilines is 1. The normalized spacial score (nSPS) is 10.0. The van der Waals surface area contributed by atoms with Gasteiger partial charge >= 0.3 is 6.03 Å². The molecule has 2 aromatic rings. The molecule has 2 rings (SSSR count). The zero-order valence-electron chi connectivity index (χ0n) is 11.8. The first kappa shape index (κ1) is 15.9. The molecule has 114 valence electrons. The number of urea groups is 1. The molecule has 22 heavy (non-hydrogen) atoms. The second-order valence-corrected chi connectivity index (χ2v) is 5.11. The molecular weight excluding hydrogens is 302 g/mol. The molecule has 6 heteroatoms. The number of halogens is 1. The Labute approximate surface area is 133 Å². The van der Waals surface area contributed by atoms with E-state index in [4.69, 9.17) is 17.3 Å². The topological polar surface area (TPSA) is 84.2 Å². The van der Waals surface area contributed by atoms with Crippen LogP contribution >= 0.6 is 11.6 Å².